The SMILES string of the molecule is O=C(O)C1(CCN2CCC(=C3c4ccccc4COc4ccccc43)CC2)CC1.O=C(O)C1(CN2CCC(=C3c4ccccc4COc4ccccc43)CC2)CC1.O=C(O)CC1(CN2CCC(=C3c4ccccc4COc4ccccc43)CC2)CC1.O=C(O)CC1(N2CCC(=C3c4ccccc4COc4ccccc43)CC2)CC1.O=C(O)CCC1(N2CCC(=C3c4ccccc4COc4ccccc43)CC2)CC1. The Bertz CT molecular complexity index is 6380. The molecule has 0 unspecified atom stereocenters. The number of ether oxygens (including phenoxy) is 5. The molecule has 0 spiro atoms. The number of carbonyl (C=O) groups is 5. The van der Waals surface area contributed by atoms with Crippen molar-refractivity contribution in [1.82, 2.24) is 24.5 Å². The van der Waals surface area contributed by atoms with Gasteiger partial charge in [-0.1, -0.05) is 240 Å². The van der Waals surface area contributed by atoms with Crippen LogP contribution in [0.15, 0.2) is 271 Å². The molecule has 25 rings (SSSR count). The molecular formula is C123H131N5O15. The molecule has 5 N–H and O–H groups in total. The van der Waals surface area contributed by atoms with Crippen LogP contribution in [0.25, 0.3) is 27.9 Å². The fourth-order valence-corrected chi connectivity index (χ4v) is 24.3. The lowest BCUT2D eigenvalue weighted by Crippen LogP contribution is -2.43. The van der Waals surface area contributed by atoms with E-state index in [9.17, 15) is 44.4 Å². The molecule has 738 valence electrons. The van der Waals surface area contributed by atoms with Crippen molar-refractivity contribution < 1.29 is 73.2 Å². The normalized spacial score (nSPS) is 20.4. The molecule has 10 heterocycles. The largest absolute Gasteiger partial charge is 0.488 e. The van der Waals surface area contributed by atoms with E-state index in [0.29, 0.717) is 46.0 Å². The van der Waals surface area contributed by atoms with Crippen LogP contribution >= 0.6 is 0 Å². The third-order valence-corrected chi connectivity index (χ3v) is 33.4. The third kappa shape index (κ3) is 21.3. The van der Waals surface area contributed by atoms with Crippen LogP contribution in [-0.4, -0.2) is 176 Å². The molecule has 0 radical (unpaired) electrons. The molecule has 5 saturated heterocycles. The summed E-state index contributed by atoms with van der Waals surface area (Å²) in [5, 5.41) is 46.5. The molecular weight excluding hydrogens is 1790 g/mol. The maximum absolute atomic E-state index is 11.5. The summed E-state index contributed by atoms with van der Waals surface area (Å²) < 4.78 is 30.6. The maximum atomic E-state index is 11.5. The predicted octanol–water partition coefficient (Wildman–Crippen LogP) is 23.2. The standard InChI is InChI=1S/3C25H27NO3.2C24H25NO3/c27-24(28)25(11-12-25)13-16-26-14-9-18(10-15-26)23-20-6-2-1-5-19(20)17-29-22-8-4-3-7-21(22)23;27-23(28)15-25(11-12-25)17-26-13-9-18(10-14-26)24-20-6-2-1-5-19(20)16-29-22-8-4-3-7-21(22)24;27-23(28)9-12-25(13-14-25)26-15-10-18(11-16-26)24-20-6-2-1-5-19(20)17-29-22-8-4-3-7-21(22)24;26-22(27)15-24(11-12-24)25-13-9-17(10-14-25)23-19-6-2-1-5-18(19)16-28-21-8-4-3-7-20(21)23;26-23(27)24(11-12-24)16-25-13-9-17(10-14-25)22-19-6-2-1-5-18(19)15-28-21-8-4-3-7-20(21)22/h3*1-8H,9-17H2,(H,27,28);2*1-8H,9-16H2,(H,26,27). The van der Waals surface area contributed by atoms with Crippen LogP contribution in [0.5, 0.6) is 28.7 Å². The fraction of sp³-hybridized carbons (Fsp3) is 0.390. The number of benzene rings is 10. The average molecular weight is 1920 g/mol. The van der Waals surface area contributed by atoms with Gasteiger partial charge in [0, 0.05) is 124 Å². The molecule has 10 aromatic rings. The highest BCUT2D eigenvalue weighted by atomic mass is 16.5. The molecule has 20 heteroatoms. The number of likely N-dealkylation sites (tertiary alicyclic amines) is 5. The summed E-state index contributed by atoms with van der Waals surface area (Å²) >= 11 is 0. The van der Waals surface area contributed by atoms with Crippen LogP contribution < -0.4 is 23.7 Å². The van der Waals surface area contributed by atoms with Gasteiger partial charge in [0.15, 0.2) is 0 Å². The molecule has 20 nitrogen and oxygen atoms in total. The smallest absolute Gasteiger partial charge is 0.310 e. The lowest BCUT2D eigenvalue weighted by molar-refractivity contribution is -0.144. The number of aliphatic carboxylic acids is 5. The van der Waals surface area contributed by atoms with Gasteiger partial charge in [-0.25, -0.2) is 0 Å². The van der Waals surface area contributed by atoms with Crippen molar-refractivity contribution >= 4 is 57.7 Å². The Morgan fingerprint density at radius 2 is 0.510 bits per heavy atom. The highest BCUT2D eigenvalue weighted by Gasteiger charge is 2.54. The predicted molar refractivity (Wildman–Crippen MR) is 555 cm³/mol. The number of nitrogens with zero attached hydrogens (tertiary/aromatic N) is 5. The molecule has 0 atom stereocenters. The second kappa shape index (κ2) is 41.8. The quantitative estimate of drug-likeness (QED) is 0.0535. The van der Waals surface area contributed by atoms with Crippen molar-refractivity contribution in [3.63, 3.8) is 0 Å². The molecule has 10 fully saturated rings. The fourth-order valence-electron chi connectivity index (χ4n) is 24.3. The first-order valence-electron chi connectivity index (χ1n) is 52.2. The topological polar surface area (TPSA) is 249 Å². The minimum atomic E-state index is -0.678. The van der Waals surface area contributed by atoms with Crippen molar-refractivity contribution in [2.45, 2.75) is 205 Å². The molecule has 0 amide bonds. The van der Waals surface area contributed by atoms with Crippen LogP contribution in [0.4, 0.5) is 0 Å². The van der Waals surface area contributed by atoms with Crippen molar-refractivity contribution in [2.75, 3.05) is 85.1 Å². The number of para-hydroxylation sites is 5. The van der Waals surface area contributed by atoms with Crippen LogP contribution in [0.1, 0.15) is 244 Å². The lowest BCUT2D eigenvalue weighted by atomic mass is 9.86. The lowest BCUT2D eigenvalue weighted by Gasteiger charge is -2.37. The molecule has 143 heavy (non-hydrogen) atoms. The summed E-state index contributed by atoms with van der Waals surface area (Å²) in [5.41, 5.74) is 31.9. The van der Waals surface area contributed by atoms with Gasteiger partial charge >= 0.3 is 29.8 Å². The first-order chi connectivity index (χ1) is 69.8. The molecule has 5 saturated carbocycles. The number of carboxylic acid groups (broad SMARTS) is 5. The molecule has 0 aromatic heterocycles. The summed E-state index contributed by atoms with van der Waals surface area (Å²) in [5.74, 6) is 1.55. The number of hydrogen-bond acceptors (Lipinski definition) is 15. The second-order valence-electron chi connectivity index (χ2n) is 42.4. The van der Waals surface area contributed by atoms with Crippen LogP contribution in [-0.2, 0) is 57.0 Å². The zero-order valence-electron chi connectivity index (χ0n) is 82.1. The third-order valence-electron chi connectivity index (χ3n) is 33.4. The van der Waals surface area contributed by atoms with Gasteiger partial charge in [0.1, 0.15) is 61.8 Å². The van der Waals surface area contributed by atoms with E-state index in [-0.39, 0.29) is 29.3 Å². The Balaban J connectivity index is 0.000000106. The van der Waals surface area contributed by atoms with Gasteiger partial charge in [-0.3, -0.25) is 33.8 Å². The Kier molecular flexibility index (Phi) is 28.1. The summed E-state index contributed by atoms with van der Waals surface area (Å²) in [6.45, 7) is 15.3. The van der Waals surface area contributed by atoms with Crippen LogP contribution in [0.3, 0.4) is 0 Å². The number of piperidine rings is 5. The Morgan fingerprint density at radius 1 is 0.252 bits per heavy atom. The van der Waals surface area contributed by atoms with Crippen LogP contribution in [0.2, 0.25) is 0 Å². The van der Waals surface area contributed by atoms with Crippen LogP contribution in [0, 0.1) is 16.2 Å². The zero-order chi connectivity index (χ0) is 97.8. The Hall–Kier alpha value is -13.0. The van der Waals surface area contributed by atoms with Gasteiger partial charge in [-0.2, -0.15) is 0 Å². The average Bonchev–Trinajstić information content (AvgIpc) is 1.08. The van der Waals surface area contributed by atoms with E-state index in [2.05, 4.69) is 237 Å². The first-order valence-corrected chi connectivity index (χ1v) is 52.2. The number of rotatable bonds is 18. The minimum absolute atomic E-state index is 0.0336. The molecule has 10 aromatic carbocycles. The van der Waals surface area contributed by atoms with Gasteiger partial charge in [-0.05, 0) is 267 Å². The van der Waals surface area contributed by atoms with Crippen molar-refractivity contribution in [3.05, 3.63) is 354 Å². The molecule has 15 aliphatic rings. The first kappa shape index (κ1) is 96.2. The number of fused-ring (bicyclic) bond motifs is 10. The van der Waals surface area contributed by atoms with E-state index in [1.165, 1.54) is 139 Å². The molecule has 5 aliphatic carbocycles. The van der Waals surface area contributed by atoms with Gasteiger partial charge in [0.2, 0.25) is 0 Å². The van der Waals surface area contributed by atoms with Gasteiger partial charge in [0.05, 0.1) is 23.7 Å². The molecule has 10 aliphatic heterocycles. The summed E-state index contributed by atoms with van der Waals surface area (Å²) in [6, 6.07) is 84.7. The number of hydrogen-bond donors (Lipinski definition) is 5. The summed E-state index contributed by atoms with van der Waals surface area (Å²) in [6.07, 6.45) is 22.3. The Labute approximate surface area is 839 Å². The maximum Gasteiger partial charge on any atom is 0.310 e. The Morgan fingerprint density at radius 3 is 0.776 bits per heavy atom. The molecule has 0 bridgehead atoms. The van der Waals surface area contributed by atoms with E-state index in [1.807, 2.05) is 30.3 Å². The van der Waals surface area contributed by atoms with Crippen molar-refractivity contribution in [1.29, 1.82) is 0 Å². The van der Waals surface area contributed by atoms with Crippen molar-refractivity contribution in [2.24, 2.45) is 16.2 Å². The van der Waals surface area contributed by atoms with Gasteiger partial charge < -0.3 is 63.9 Å². The van der Waals surface area contributed by atoms with Gasteiger partial charge in [0.25, 0.3) is 0 Å². The minimum Gasteiger partial charge on any atom is -0.488 e. The van der Waals surface area contributed by atoms with E-state index >= 15 is 0 Å². The second-order valence-corrected chi connectivity index (χ2v) is 42.4. The van der Waals surface area contributed by atoms with Crippen molar-refractivity contribution in [3.8, 4) is 28.7 Å². The summed E-state index contributed by atoms with van der Waals surface area (Å²) in [7, 11) is 0. The van der Waals surface area contributed by atoms with E-state index in [4.69, 9.17) is 28.8 Å². The summed E-state index contributed by atoms with van der Waals surface area (Å²) in [4.78, 5) is 68.7. The monoisotopic (exact) mass is 1920 g/mol. The van der Waals surface area contributed by atoms with E-state index in [1.54, 1.807) is 0 Å². The van der Waals surface area contributed by atoms with E-state index < -0.39 is 40.7 Å². The van der Waals surface area contributed by atoms with E-state index in [0.717, 1.165) is 249 Å². The highest BCUT2D eigenvalue weighted by Crippen LogP contribution is 2.56. The van der Waals surface area contributed by atoms with Gasteiger partial charge in [-0.15, -0.1) is 0 Å². The number of carboxylic acids is 5. The highest BCUT2D eigenvalue weighted by molar-refractivity contribution is 5.92. The zero-order valence-corrected chi connectivity index (χ0v) is 82.1.